The standard InChI is InChI=1S/C22H34N2O3/c1-3-4-5-6-10-13-20(23-18(2)25)14-15-26-16-21-17-27-22(24-21)19-11-8-7-9-12-19/h7-9,11-12,20-21H,3-6,10,13-17H2,1-2H3,(H,23,25)/t20?,21-/m1/s1. The van der Waals surface area contributed by atoms with Crippen LogP contribution in [0.5, 0.6) is 0 Å². The number of nitrogens with one attached hydrogen (secondary N) is 1. The number of hydrogen-bond donors (Lipinski definition) is 1. The van der Waals surface area contributed by atoms with E-state index in [9.17, 15) is 4.79 Å². The summed E-state index contributed by atoms with van der Waals surface area (Å²) in [5.41, 5.74) is 1.01. The van der Waals surface area contributed by atoms with Gasteiger partial charge in [-0.25, -0.2) is 4.99 Å². The predicted molar refractivity (Wildman–Crippen MR) is 109 cm³/mol. The fourth-order valence-corrected chi connectivity index (χ4v) is 3.25. The molecule has 1 aromatic rings. The minimum absolute atomic E-state index is 0.0369. The number of ether oxygens (including phenoxy) is 2. The van der Waals surface area contributed by atoms with Crippen molar-refractivity contribution in [3.63, 3.8) is 0 Å². The highest BCUT2D eigenvalue weighted by Crippen LogP contribution is 2.13. The Morgan fingerprint density at radius 2 is 2.00 bits per heavy atom. The van der Waals surface area contributed by atoms with Crippen LogP contribution < -0.4 is 5.32 Å². The van der Waals surface area contributed by atoms with Crippen LogP contribution >= 0.6 is 0 Å². The summed E-state index contributed by atoms with van der Waals surface area (Å²) in [4.78, 5) is 16.0. The fraction of sp³-hybridized carbons (Fsp3) is 0.636. The van der Waals surface area contributed by atoms with Crippen molar-refractivity contribution in [2.45, 2.75) is 70.9 Å². The number of benzene rings is 1. The first kappa shape index (κ1) is 21.4. The molecule has 0 saturated carbocycles. The average Bonchev–Trinajstić information content (AvgIpc) is 3.14. The number of aliphatic imine (C=N–C) groups is 1. The van der Waals surface area contributed by atoms with Gasteiger partial charge in [0, 0.05) is 25.1 Å². The summed E-state index contributed by atoms with van der Waals surface area (Å²) >= 11 is 0. The number of rotatable bonds is 13. The van der Waals surface area contributed by atoms with E-state index in [1.165, 1.54) is 25.7 Å². The maximum absolute atomic E-state index is 11.4. The molecule has 1 aromatic carbocycles. The first-order valence-electron chi connectivity index (χ1n) is 10.3. The lowest BCUT2D eigenvalue weighted by Gasteiger charge is -2.18. The minimum Gasteiger partial charge on any atom is -0.475 e. The fourth-order valence-electron chi connectivity index (χ4n) is 3.25. The predicted octanol–water partition coefficient (Wildman–Crippen LogP) is 4.10. The van der Waals surface area contributed by atoms with Crippen LogP contribution in [0.4, 0.5) is 0 Å². The Hall–Kier alpha value is -1.88. The first-order valence-corrected chi connectivity index (χ1v) is 10.3. The van der Waals surface area contributed by atoms with E-state index < -0.39 is 0 Å². The summed E-state index contributed by atoms with van der Waals surface area (Å²) in [6.45, 7) is 5.56. The molecule has 5 nitrogen and oxygen atoms in total. The molecule has 0 aromatic heterocycles. The van der Waals surface area contributed by atoms with Gasteiger partial charge in [-0.3, -0.25) is 4.79 Å². The molecule has 5 heteroatoms. The van der Waals surface area contributed by atoms with E-state index in [4.69, 9.17) is 9.47 Å². The average molecular weight is 375 g/mol. The normalized spacial score (nSPS) is 17.3. The summed E-state index contributed by atoms with van der Waals surface area (Å²) in [5, 5.41) is 3.06. The second kappa shape index (κ2) is 12.5. The van der Waals surface area contributed by atoms with Gasteiger partial charge in [0.2, 0.25) is 11.8 Å². The van der Waals surface area contributed by atoms with Gasteiger partial charge < -0.3 is 14.8 Å². The van der Waals surface area contributed by atoms with Crippen LogP contribution in [0.15, 0.2) is 35.3 Å². The Bertz CT molecular complexity index is 574. The smallest absolute Gasteiger partial charge is 0.217 e. The molecule has 0 spiro atoms. The minimum atomic E-state index is 0.0369. The van der Waals surface area contributed by atoms with Gasteiger partial charge in [-0.2, -0.15) is 0 Å². The Morgan fingerprint density at radius 3 is 2.74 bits per heavy atom. The lowest BCUT2D eigenvalue weighted by atomic mass is 10.0. The van der Waals surface area contributed by atoms with Gasteiger partial charge in [-0.1, -0.05) is 57.2 Å². The second-order valence-electron chi connectivity index (χ2n) is 7.23. The maximum Gasteiger partial charge on any atom is 0.217 e. The Kier molecular flexibility index (Phi) is 9.91. The monoisotopic (exact) mass is 374 g/mol. The van der Waals surface area contributed by atoms with Crippen molar-refractivity contribution in [1.82, 2.24) is 5.32 Å². The SMILES string of the molecule is CCCCCCCC(CCOC[C@@H]1COC(c2ccccc2)=N1)NC(C)=O. The number of hydrogen-bond acceptors (Lipinski definition) is 4. The number of amides is 1. The molecular formula is C22H34N2O3. The van der Waals surface area contributed by atoms with Crippen LogP contribution in [0, 0.1) is 0 Å². The van der Waals surface area contributed by atoms with Crippen molar-refractivity contribution in [3.8, 4) is 0 Å². The molecule has 1 aliphatic heterocycles. The first-order chi connectivity index (χ1) is 13.2. The van der Waals surface area contributed by atoms with E-state index in [0.29, 0.717) is 25.7 Å². The lowest BCUT2D eigenvalue weighted by Crippen LogP contribution is -2.34. The zero-order valence-electron chi connectivity index (χ0n) is 16.8. The Balaban J connectivity index is 1.65. The molecule has 1 aliphatic rings. The summed E-state index contributed by atoms with van der Waals surface area (Å²) in [6, 6.07) is 10.2. The molecule has 2 atom stereocenters. The molecule has 0 fully saturated rings. The van der Waals surface area contributed by atoms with E-state index >= 15 is 0 Å². The molecule has 1 heterocycles. The maximum atomic E-state index is 11.4. The summed E-state index contributed by atoms with van der Waals surface area (Å²) in [6.07, 6.45) is 8.09. The van der Waals surface area contributed by atoms with E-state index in [2.05, 4.69) is 17.2 Å². The summed E-state index contributed by atoms with van der Waals surface area (Å²) in [7, 11) is 0. The highest BCUT2D eigenvalue weighted by atomic mass is 16.5. The Morgan fingerprint density at radius 1 is 1.22 bits per heavy atom. The molecule has 150 valence electrons. The van der Waals surface area contributed by atoms with E-state index in [1.54, 1.807) is 6.92 Å². The van der Waals surface area contributed by atoms with Crippen molar-refractivity contribution in [2.75, 3.05) is 19.8 Å². The number of unbranched alkanes of at least 4 members (excludes halogenated alkanes) is 4. The zero-order valence-corrected chi connectivity index (χ0v) is 16.8. The Labute approximate surface area is 163 Å². The molecule has 0 aliphatic carbocycles. The quantitative estimate of drug-likeness (QED) is 0.529. The molecule has 0 saturated heterocycles. The summed E-state index contributed by atoms with van der Waals surface area (Å²) < 4.78 is 11.5. The highest BCUT2D eigenvalue weighted by Gasteiger charge is 2.20. The highest BCUT2D eigenvalue weighted by molar-refractivity contribution is 5.95. The van der Waals surface area contributed by atoms with Crippen LogP contribution in [0.2, 0.25) is 0 Å². The van der Waals surface area contributed by atoms with Crippen molar-refractivity contribution >= 4 is 11.8 Å². The van der Waals surface area contributed by atoms with Gasteiger partial charge in [0.05, 0.1) is 6.61 Å². The lowest BCUT2D eigenvalue weighted by molar-refractivity contribution is -0.119. The van der Waals surface area contributed by atoms with E-state index in [0.717, 1.165) is 24.8 Å². The van der Waals surface area contributed by atoms with Crippen molar-refractivity contribution < 1.29 is 14.3 Å². The summed E-state index contributed by atoms with van der Waals surface area (Å²) in [5.74, 6) is 0.738. The largest absolute Gasteiger partial charge is 0.475 e. The van der Waals surface area contributed by atoms with Crippen molar-refractivity contribution in [3.05, 3.63) is 35.9 Å². The third-order valence-corrected chi connectivity index (χ3v) is 4.72. The number of carbonyl (C=O) groups is 1. The van der Waals surface area contributed by atoms with Crippen LogP contribution in [-0.2, 0) is 14.3 Å². The number of carbonyl (C=O) groups excluding carboxylic acids is 1. The van der Waals surface area contributed by atoms with Crippen LogP contribution in [0.25, 0.3) is 0 Å². The van der Waals surface area contributed by atoms with Crippen LogP contribution in [-0.4, -0.2) is 43.7 Å². The van der Waals surface area contributed by atoms with Gasteiger partial charge in [0.15, 0.2) is 0 Å². The third kappa shape index (κ3) is 8.57. The van der Waals surface area contributed by atoms with E-state index in [-0.39, 0.29) is 18.0 Å². The molecule has 1 amide bonds. The van der Waals surface area contributed by atoms with Crippen molar-refractivity contribution in [1.29, 1.82) is 0 Å². The third-order valence-electron chi connectivity index (χ3n) is 4.72. The van der Waals surface area contributed by atoms with E-state index in [1.807, 2.05) is 30.3 Å². The van der Waals surface area contributed by atoms with Gasteiger partial charge in [0.25, 0.3) is 0 Å². The molecular weight excluding hydrogens is 340 g/mol. The molecule has 1 N–H and O–H groups in total. The topological polar surface area (TPSA) is 59.9 Å². The second-order valence-corrected chi connectivity index (χ2v) is 7.23. The molecule has 2 rings (SSSR count). The molecule has 1 unspecified atom stereocenters. The van der Waals surface area contributed by atoms with Gasteiger partial charge in [-0.15, -0.1) is 0 Å². The molecule has 0 radical (unpaired) electrons. The molecule has 0 bridgehead atoms. The number of nitrogens with zero attached hydrogens (tertiary/aromatic N) is 1. The van der Waals surface area contributed by atoms with Crippen molar-refractivity contribution in [2.24, 2.45) is 4.99 Å². The van der Waals surface area contributed by atoms with Crippen LogP contribution in [0.3, 0.4) is 0 Å². The van der Waals surface area contributed by atoms with Gasteiger partial charge >= 0.3 is 0 Å². The van der Waals surface area contributed by atoms with Gasteiger partial charge in [-0.05, 0) is 25.0 Å². The van der Waals surface area contributed by atoms with Crippen LogP contribution in [0.1, 0.15) is 64.4 Å². The zero-order chi connectivity index (χ0) is 19.3. The van der Waals surface area contributed by atoms with Gasteiger partial charge in [0.1, 0.15) is 12.6 Å². The molecule has 27 heavy (non-hydrogen) atoms.